The summed E-state index contributed by atoms with van der Waals surface area (Å²) < 4.78 is 0. The van der Waals surface area contributed by atoms with Gasteiger partial charge in [-0.2, -0.15) is 0 Å². The van der Waals surface area contributed by atoms with Crippen molar-refractivity contribution < 1.29 is 4.79 Å². The smallest absolute Gasteiger partial charge is 0.239 e. The van der Waals surface area contributed by atoms with Gasteiger partial charge in [0.1, 0.15) is 5.82 Å². The lowest BCUT2D eigenvalue weighted by Gasteiger charge is -2.07. The molecule has 0 unspecified atom stereocenters. The lowest BCUT2D eigenvalue weighted by Crippen LogP contribution is -2.31. The molecule has 2 aromatic rings. The average molecular weight is 241 g/mol. The van der Waals surface area contributed by atoms with Gasteiger partial charge in [0.2, 0.25) is 5.91 Å². The normalized spacial score (nSPS) is 14.4. The Kier molecular flexibility index (Phi) is 2.84. The molecule has 1 aliphatic carbocycles. The van der Waals surface area contributed by atoms with Gasteiger partial charge in [-0.1, -0.05) is 18.2 Å². The Bertz CT molecular complexity index is 578. The van der Waals surface area contributed by atoms with Gasteiger partial charge in [0, 0.05) is 11.4 Å². The van der Waals surface area contributed by atoms with Crippen molar-refractivity contribution in [1.29, 1.82) is 0 Å². The number of nitrogens with one attached hydrogen (secondary N) is 2. The number of aromatic nitrogens is 1. The number of pyridine rings is 1. The van der Waals surface area contributed by atoms with Gasteiger partial charge < -0.3 is 10.6 Å². The van der Waals surface area contributed by atoms with Crippen LogP contribution in [0.1, 0.15) is 12.8 Å². The number of hydrogen-bond acceptors (Lipinski definition) is 3. The third kappa shape index (κ3) is 2.59. The first-order valence-electron chi connectivity index (χ1n) is 6.20. The summed E-state index contributed by atoms with van der Waals surface area (Å²) in [6, 6.07) is 12.2. The Morgan fingerprint density at radius 1 is 1.22 bits per heavy atom. The summed E-state index contributed by atoms with van der Waals surface area (Å²) in [5.74, 6) is 0.770. The third-order valence-corrected chi connectivity index (χ3v) is 2.97. The SMILES string of the molecule is O=C(CNc1ccc2ccccc2n1)NC1CC1. The fourth-order valence-corrected chi connectivity index (χ4v) is 1.84. The van der Waals surface area contributed by atoms with Crippen molar-refractivity contribution >= 4 is 22.6 Å². The summed E-state index contributed by atoms with van der Waals surface area (Å²) in [5.41, 5.74) is 0.935. The first-order valence-corrected chi connectivity index (χ1v) is 6.20. The molecule has 2 N–H and O–H groups in total. The molecule has 0 spiro atoms. The van der Waals surface area contributed by atoms with Gasteiger partial charge in [-0.25, -0.2) is 4.98 Å². The Morgan fingerprint density at radius 2 is 2.06 bits per heavy atom. The van der Waals surface area contributed by atoms with E-state index in [1.54, 1.807) is 0 Å². The molecule has 1 aromatic heterocycles. The highest BCUT2D eigenvalue weighted by atomic mass is 16.2. The quantitative estimate of drug-likeness (QED) is 0.860. The second kappa shape index (κ2) is 4.64. The predicted molar refractivity (Wildman–Crippen MR) is 71.4 cm³/mol. The first kappa shape index (κ1) is 11.0. The van der Waals surface area contributed by atoms with E-state index in [2.05, 4.69) is 15.6 Å². The van der Waals surface area contributed by atoms with Gasteiger partial charge in [-0.15, -0.1) is 0 Å². The highest BCUT2D eigenvalue weighted by molar-refractivity contribution is 5.83. The molecule has 3 rings (SSSR count). The minimum absolute atomic E-state index is 0.0347. The molecular formula is C14H15N3O. The molecule has 0 saturated heterocycles. The number of amides is 1. The average Bonchev–Trinajstić information content (AvgIpc) is 3.20. The maximum atomic E-state index is 11.5. The Hall–Kier alpha value is -2.10. The van der Waals surface area contributed by atoms with Crippen LogP contribution in [0.3, 0.4) is 0 Å². The molecule has 1 saturated carbocycles. The number of carbonyl (C=O) groups is 1. The fraction of sp³-hybridized carbons (Fsp3) is 0.286. The largest absolute Gasteiger partial charge is 0.361 e. The Labute approximate surface area is 105 Å². The lowest BCUT2D eigenvalue weighted by molar-refractivity contribution is -0.119. The van der Waals surface area contributed by atoms with Crippen molar-refractivity contribution in [2.45, 2.75) is 18.9 Å². The molecule has 92 valence electrons. The fourth-order valence-electron chi connectivity index (χ4n) is 1.84. The molecule has 1 heterocycles. The van der Waals surface area contributed by atoms with Crippen molar-refractivity contribution in [3.8, 4) is 0 Å². The number of para-hydroxylation sites is 1. The summed E-state index contributed by atoms with van der Waals surface area (Å²) in [6.45, 7) is 0.280. The number of anilines is 1. The van der Waals surface area contributed by atoms with Crippen molar-refractivity contribution in [2.75, 3.05) is 11.9 Å². The van der Waals surface area contributed by atoms with Crippen LogP contribution in [0.5, 0.6) is 0 Å². The van der Waals surface area contributed by atoms with Gasteiger partial charge in [0.25, 0.3) is 0 Å². The van der Waals surface area contributed by atoms with Crippen LogP contribution >= 0.6 is 0 Å². The molecule has 4 nitrogen and oxygen atoms in total. The Balaban J connectivity index is 1.64. The van der Waals surface area contributed by atoms with E-state index < -0.39 is 0 Å². The molecule has 4 heteroatoms. The first-order chi connectivity index (χ1) is 8.81. The monoisotopic (exact) mass is 241 g/mol. The van der Waals surface area contributed by atoms with Gasteiger partial charge in [0.05, 0.1) is 12.1 Å². The number of nitrogens with zero attached hydrogens (tertiary/aromatic N) is 1. The molecule has 1 aliphatic rings. The van der Waals surface area contributed by atoms with Crippen molar-refractivity contribution in [3.63, 3.8) is 0 Å². The lowest BCUT2D eigenvalue weighted by atomic mass is 10.2. The van der Waals surface area contributed by atoms with Crippen LogP contribution in [0, 0.1) is 0 Å². The Morgan fingerprint density at radius 3 is 2.89 bits per heavy atom. The van der Waals surface area contributed by atoms with E-state index in [1.165, 1.54) is 0 Å². The van der Waals surface area contributed by atoms with E-state index in [0.29, 0.717) is 6.04 Å². The van der Waals surface area contributed by atoms with Crippen LogP contribution in [0.25, 0.3) is 10.9 Å². The predicted octanol–water partition coefficient (Wildman–Crippen LogP) is 1.93. The van der Waals surface area contributed by atoms with E-state index in [-0.39, 0.29) is 12.5 Å². The van der Waals surface area contributed by atoms with Crippen LogP contribution in [-0.2, 0) is 4.79 Å². The van der Waals surface area contributed by atoms with E-state index in [4.69, 9.17) is 0 Å². The molecule has 0 radical (unpaired) electrons. The summed E-state index contributed by atoms with van der Waals surface area (Å²) in [7, 11) is 0. The molecule has 1 fully saturated rings. The highest BCUT2D eigenvalue weighted by Crippen LogP contribution is 2.18. The minimum Gasteiger partial charge on any atom is -0.361 e. The molecule has 18 heavy (non-hydrogen) atoms. The number of benzene rings is 1. The number of rotatable bonds is 4. The molecule has 0 aliphatic heterocycles. The van der Waals surface area contributed by atoms with Gasteiger partial charge in [0.15, 0.2) is 0 Å². The zero-order valence-corrected chi connectivity index (χ0v) is 10.0. The molecular weight excluding hydrogens is 226 g/mol. The maximum Gasteiger partial charge on any atom is 0.239 e. The van der Waals surface area contributed by atoms with Gasteiger partial charge >= 0.3 is 0 Å². The molecule has 1 aromatic carbocycles. The van der Waals surface area contributed by atoms with Gasteiger partial charge in [-0.05, 0) is 31.0 Å². The van der Waals surface area contributed by atoms with Crippen LogP contribution in [0.4, 0.5) is 5.82 Å². The molecule has 0 bridgehead atoms. The van der Waals surface area contributed by atoms with E-state index in [1.807, 2.05) is 36.4 Å². The second-order valence-corrected chi connectivity index (χ2v) is 4.58. The van der Waals surface area contributed by atoms with E-state index >= 15 is 0 Å². The number of hydrogen-bond donors (Lipinski definition) is 2. The summed E-state index contributed by atoms with van der Waals surface area (Å²) in [4.78, 5) is 16.0. The van der Waals surface area contributed by atoms with Crippen LogP contribution in [0.15, 0.2) is 36.4 Å². The number of carbonyl (C=O) groups excluding carboxylic acids is 1. The molecule has 1 amide bonds. The molecule has 0 atom stereocenters. The maximum absolute atomic E-state index is 11.5. The zero-order valence-electron chi connectivity index (χ0n) is 10.0. The minimum atomic E-state index is 0.0347. The van der Waals surface area contributed by atoms with E-state index in [0.717, 1.165) is 29.6 Å². The van der Waals surface area contributed by atoms with Crippen LogP contribution in [0.2, 0.25) is 0 Å². The highest BCUT2D eigenvalue weighted by Gasteiger charge is 2.22. The van der Waals surface area contributed by atoms with Crippen LogP contribution < -0.4 is 10.6 Å². The van der Waals surface area contributed by atoms with Crippen molar-refractivity contribution in [3.05, 3.63) is 36.4 Å². The summed E-state index contributed by atoms with van der Waals surface area (Å²) in [6.07, 6.45) is 2.22. The van der Waals surface area contributed by atoms with E-state index in [9.17, 15) is 4.79 Å². The zero-order chi connectivity index (χ0) is 12.4. The van der Waals surface area contributed by atoms with Crippen molar-refractivity contribution in [1.82, 2.24) is 10.3 Å². The number of fused-ring (bicyclic) bond motifs is 1. The van der Waals surface area contributed by atoms with Crippen molar-refractivity contribution in [2.24, 2.45) is 0 Å². The second-order valence-electron chi connectivity index (χ2n) is 4.58. The van der Waals surface area contributed by atoms with Crippen LogP contribution in [-0.4, -0.2) is 23.5 Å². The summed E-state index contributed by atoms with van der Waals surface area (Å²) in [5, 5.41) is 7.08. The topological polar surface area (TPSA) is 54.0 Å². The summed E-state index contributed by atoms with van der Waals surface area (Å²) >= 11 is 0. The van der Waals surface area contributed by atoms with Gasteiger partial charge in [-0.3, -0.25) is 4.79 Å². The third-order valence-electron chi connectivity index (χ3n) is 2.97. The standard InChI is InChI=1S/C14H15N3O/c18-14(16-11-6-7-11)9-15-13-8-5-10-3-1-2-4-12(10)17-13/h1-5,8,11H,6-7,9H2,(H,15,17)(H,16,18).